The van der Waals surface area contributed by atoms with Crippen LogP contribution in [-0.4, -0.2) is 14.1 Å². The van der Waals surface area contributed by atoms with E-state index in [4.69, 9.17) is 9.40 Å². The first kappa shape index (κ1) is 28.0. The van der Waals surface area contributed by atoms with Gasteiger partial charge in [0.2, 0.25) is 0 Å². The maximum Gasteiger partial charge on any atom is 0.145 e. The van der Waals surface area contributed by atoms with Crippen LogP contribution in [0.5, 0.6) is 0 Å². The first-order valence-electron chi connectivity index (χ1n) is 17.3. The zero-order valence-electron chi connectivity index (χ0n) is 27.5. The molecule has 0 aliphatic carbocycles. The van der Waals surface area contributed by atoms with Gasteiger partial charge in [-0.25, -0.2) is 4.98 Å². The van der Waals surface area contributed by atoms with Crippen LogP contribution in [0.3, 0.4) is 0 Å². The summed E-state index contributed by atoms with van der Waals surface area (Å²) in [7, 11) is 0. The fourth-order valence-electron chi connectivity index (χ4n) is 8.05. The minimum absolute atomic E-state index is 0.870. The molecular formula is C47H29N3O. The lowest BCUT2D eigenvalue weighted by molar-refractivity contribution is 0.670. The largest absolute Gasteiger partial charge is 0.455 e. The minimum Gasteiger partial charge on any atom is -0.455 e. The van der Waals surface area contributed by atoms with Gasteiger partial charge in [-0.05, 0) is 77.0 Å². The van der Waals surface area contributed by atoms with Gasteiger partial charge < -0.3 is 8.98 Å². The van der Waals surface area contributed by atoms with Crippen molar-refractivity contribution in [2.45, 2.75) is 0 Å². The lowest BCUT2D eigenvalue weighted by Gasteiger charge is -2.11. The molecule has 0 atom stereocenters. The van der Waals surface area contributed by atoms with Crippen molar-refractivity contribution in [3.05, 3.63) is 176 Å². The van der Waals surface area contributed by atoms with Gasteiger partial charge >= 0.3 is 0 Å². The van der Waals surface area contributed by atoms with Crippen LogP contribution in [0, 0.1) is 0 Å². The van der Waals surface area contributed by atoms with Crippen LogP contribution in [0.4, 0.5) is 0 Å². The summed E-state index contributed by atoms with van der Waals surface area (Å²) < 4.78 is 11.3. The Morgan fingerprint density at radius 1 is 0.431 bits per heavy atom. The third-order valence-corrected chi connectivity index (χ3v) is 10.3. The van der Waals surface area contributed by atoms with Gasteiger partial charge in [0.25, 0.3) is 0 Å². The lowest BCUT2D eigenvalue weighted by atomic mass is 10.00. The average Bonchev–Trinajstić information content (AvgIpc) is 3.88. The molecule has 11 rings (SSSR count). The summed E-state index contributed by atoms with van der Waals surface area (Å²) in [5.74, 6) is 0.907. The fraction of sp³-hybridized carbons (Fsp3) is 0. The lowest BCUT2D eigenvalue weighted by Crippen LogP contribution is -1.97. The van der Waals surface area contributed by atoms with Crippen LogP contribution in [0.25, 0.3) is 99.4 Å². The summed E-state index contributed by atoms with van der Waals surface area (Å²) in [5.41, 5.74) is 11.6. The van der Waals surface area contributed by atoms with E-state index in [9.17, 15) is 0 Å². The molecule has 4 heteroatoms. The van der Waals surface area contributed by atoms with Crippen LogP contribution < -0.4 is 0 Å². The second-order valence-corrected chi connectivity index (χ2v) is 13.2. The normalized spacial score (nSPS) is 11.9. The van der Waals surface area contributed by atoms with Crippen molar-refractivity contribution in [2.75, 3.05) is 0 Å². The van der Waals surface area contributed by atoms with E-state index in [-0.39, 0.29) is 0 Å². The molecule has 4 nitrogen and oxygen atoms in total. The Kier molecular flexibility index (Phi) is 5.92. The van der Waals surface area contributed by atoms with Gasteiger partial charge in [-0.3, -0.25) is 4.57 Å². The molecule has 0 aliphatic rings. The van der Waals surface area contributed by atoms with Crippen molar-refractivity contribution < 1.29 is 4.42 Å². The van der Waals surface area contributed by atoms with Crippen molar-refractivity contribution >= 4 is 65.6 Å². The van der Waals surface area contributed by atoms with Gasteiger partial charge in [0.1, 0.15) is 17.0 Å². The Labute approximate surface area is 293 Å². The minimum atomic E-state index is 0.870. The second kappa shape index (κ2) is 10.8. The SMILES string of the molecule is c1ccc(-n2c(-c3cccc(-c4cccc5c4oc4ccc(-n6c7ccccc7c7c8ccccc8ccc76)cc45)c3)nc3ccccc32)cc1. The maximum atomic E-state index is 6.70. The van der Waals surface area contributed by atoms with E-state index in [2.05, 4.69) is 173 Å². The zero-order chi connectivity index (χ0) is 33.5. The number of hydrogen-bond donors (Lipinski definition) is 0. The van der Waals surface area contributed by atoms with E-state index >= 15 is 0 Å². The molecule has 3 aromatic heterocycles. The highest BCUT2D eigenvalue weighted by atomic mass is 16.3. The van der Waals surface area contributed by atoms with E-state index in [1.54, 1.807) is 0 Å². The molecule has 0 amide bonds. The molecule has 0 bridgehead atoms. The molecule has 0 saturated heterocycles. The molecule has 238 valence electrons. The van der Waals surface area contributed by atoms with Crippen LogP contribution in [0.1, 0.15) is 0 Å². The number of benzene rings is 8. The molecule has 0 radical (unpaired) electrons. The smallest absolute Gasteiger partial charge is 0.145 e. The van der Waals surface area contributed by atoms with Crippen LogP contribution >= 0.6 is 0 Å². The number of furan rings is 1. The predicted molar refractivity (Wildman–Crippen MR) is 211 cm³/mol. The van der Waals surface area contributed by atoms with E-state index < -0.39 is 0 Å². The molecule has 0 saturated carbocycles. The summed E-state index contributed by atoms with van der Waals surface area (Å²) in [6.07, 6.45) is 0. The number of para-hydroxylation sites is 5. The third-order valence-electron chi connectivity index (χ3n) is 10.3. The molecule has 51 heavy (non-hydrogen) atoms. The summed E-state index contributed by atoms with van der Waals surface area (Å²) in [6, 6.07) is 62.3. The van der Waals surface area contributed by atoms with Crippen molar-refractivity contribution in [2.24, 2.45) is 0 Å². The fourth-order valence-corrected chi connectivity index (χ4v) is 8.05. The van der Waals surface area contributed by atoms with Gasteiger partial charge in [0, 0.05) is 44.0 Å². The molecule has 11 aromatic rings. The topological polar surface area (TPSA) is 35.9 Å². The maximum absolute atomic E-state index is 6.70. The molecule has 0 unspecified atom stereocenters. The number of fused-ring (bicyclic) bond motifs is 9. The highest BCUT2D eigenvalue weighted by Gasteiger charge is 2.19. The van der Waals surface area contributed by atoms with E-state index in [1.165, 1.54) is 32.6 Å². The zero-order valence-corrected chi connectivity index (χ0v) is 27.5. The number of rotatable bonds is 4. The van der Waals surface area contributed by atoms with Crippen molar-refractivity contribution in [1.29, 1.82) is 0 Å². The summed E-state index contributed by atoms with van der Waals surface area (Å²) in [4.78, 5) is 5.12. The number of imidazole rings is 1. The molecule has 3 heterocycles. The Hall–Kier alpha value is -6.91. The highest BCUT2D eigenvalue weighted by Crippen LogP contribution is 2.41. The number of nitrogens with zero attached hydrogens (tertiary/aromatic N) is 3. The van der Waals surface area contributed by atoms with E-state index in [0.29, 0.717) is 0 Å². The Morgan fingerprint density at radius 3 is 2.10 bits per heavy atom. The average molecular weight is 652 g/mol. The van der Waals surface area contributed by atoms with Gasteiger partial charge in [0.15, 0.2) is 0 Å². The first-order chi connectivity index (χ1) is 25.3. The summed E-state index contributed by atoms with van der Waals surface area (Å²) in [5, 5.41) is 7.24. The standard InChI is InChI=1S/C47H29N3O/c1-2-15-33(16-3-1)50-42-23-9-7-21-40(42)48-47(50)32-14-10-13-31(28-32)36-19-11-20-37-39-29-34(25-27-44(39)51-46(36)37)49-41-22-8-6-18-38(41)45-35-17-5-4-12-30(35)24-26-43(45)49/h1-29H. The Bertz CT molecular complexity index is 3140. The number of aromatic nitrogens is 3. The molecule has 0 spiro atoms. The summed E-state index contributed by atoms with van der Waals surface area (Å²) >= 11 is 0. The van der Waals surface area contributed by atoms with E-state index in [0.717, 1.165) is 66.9 Å². The molecule has 0 fully saturated rings. The van der Waals surface area contributed by atoms with Crippen molar-refractivity contribution in [3.63, 3.8) is 0 Å². The van der Waals surface area contributed by atoms with E-state index in [1.807, 2.05) is 12.1 Å². The number of hydrogen-bond acceptors (Lipinski definition) is 2. The van der Waals surface area contributed by atoms with Gasteiger partial charge in [-0.1, -0.05) is 115 Å². The molecule has 0 aliphatic heterocycles. The molecule has 0 N–H and O–H groups in total. The molecular weight excluding hydrogens is 623 g/mol. The monoisotopic (exact) mass is 651 g/mol. The quantitative estimate of drug-likeness (QED) is 0.190. The second-order valence-electron chi connectivity index (χ2n) is 13.2. The Balaban J connectivity index is 1.08. The van der Waals surface area contributed by atoms with Crippen LogP contribution in [-0.2, 0) is 0 Å². The van der Waals surface area contributed by atoms with Gasteiger partial charge in [-0.15, -0.1) is 0 Å². The molecule has 8 aromatic carbocycles. The first-order valence-corrected chi connectivity index (χ1v) is 17.3. The van der Waals surface area contributed by atoms with Crippen molar-refractivity contribution in [1.82, 2.24) is 14.1 Å². The predicted octanol–water partition coefficient (Wildman–Crippen LogP) is 12.5. The van der Waals surface area contributed by atoms with Crippen molar-refractivity contribution in [3.8, 4) is 33.9 Å². The third kappa shape index (κ3) is 4.17. The Morgan fingerprint density at radius 2 is 1.18 bits per heavy atom. The summed E-state index contributed by atoms with van der Waals surface area (Å²) in [6.45, 7) is 0. The van der Waals surface area contributed by atoms with Crippen LogP contribution in [0.15, 0.2) is 180 Å². The van der Waals surface area contributed by atoms with Gasteiger partial charge in [-0.2, -0.15) is 0 Å². The highest BCUT2D eigenvalue weighted by molar-refractivity contribution is 6.21. The van der Waals surface area contributed by atoms with Crippen LogP contribution in [0.2, 0.25) is 0 Å². The van der Waals surface area contributed by atoms with Gasteiger partial charge in [0.05, 0.1) is 22.1 Å².